The van der Waals surface area contributed by atoms with Gasteiger partial charge in [-0.3, -0.25) is 9.59 Å². The van der Waals surface area contributed by atoms with E-state index >= 15 is 0 Å². The average molecular weight is 380 g/mol. The number of halogens is 2. The molecule has 1 unspecified atom stereocenters. The maximum absolute atomic E-state index is 12.2. The van der Waals surface area contributed by atoms with Crippen molar-refractivity contribution in [2.45, 2.75) is 33.3 Å². The number of amides is 1. The first-order valence-corrected chi connectivity index (χ1v) is 8.53. The van der Waals surface area contributed by atoms with Crippen molar-refractivity contribution in [3.05, 3.63) is 63.1 Å². The zero-order valence-electron chi connectivity index (χ0n) is 14.2. The van der Waals surface area contributed by atoms with Crippen LogP contribution in [0.3, 0.4) is 0 Å². The third-order valence-electron chi connectivity index (χ3n) is 3.66. The quantitative estimate of drug-likeness (QED) is 0.764. The van der Waals surface area contributed by atoms with Gasteiger partial charge < -0.3 is 10.1 Å². The fourth-order valence-corrected chi connectivity index (χ4v) is 2.53. The van der Waals surface area contributed by atoms with Gasteiger partial charge >= 0.3 is 5.97 Å². The van der Waals surface area contributed by atoms with Crippen molar-refractivity contribution in [3.8, 4) is 0 Å². The molecule has 0 aliphatic rings. The van der Waals surface area contributed by atoms with Crippen LogP contribution in [0.15, 0.2) is 36.4 Å². The molecule has 0 bridgehead atoms. The first-order chi connectivity index (χ1) is 11.8. The molecular formula is C19H19Cl2NO3. The van der Waals surface area contributed by atoms with Gasteiger partial charge in [-0.15, -0.1) is 0 Å². The normalized spacial score (nSPS) is 11.7. The molecule has 0 aliphatic carbocycles. The van der Waals surface area contributed by atoms with Crippen LogP contribution in [0.4, 0.5) is 5.69 Å². The van der Waals surface area contributed by atoms with E-state index in [-0.39, 0.29) is 12.3 Å². The summed E-state index contributed by atoms with van der Waals surface area (Å²) in [6, 6.07) is 10.7. The van der Waals surface area contributed by atoms with Gasteiger partial charge in [0, 0.05) is 5.69 Å². The third kappa shape index (κ3) is 5.48. The fourth-order valence-electron chi connectivity index (χ4n) is 2.21. The monoisotopic (exact) mass is 379 g/mol. The van der Waals surface area contributed by atoms with Crippen LogP contribution in [0.1, 0.15) is 23.6 Å². The number of esters is 1. The van der Waals surface area contributed by atoms with Crippen LogP contribution >= 0.6 is 23.2 Å². The Balaban J connectivity index is 1.94. The third-order valence-corrected chi connectivity index (χ3v) is 4.40. The molecule has 0 saturated carbocycles. The summed E-state index contributed by atoms with van der Waals surface area (Å²) in [4.78, 5) is 24.3. The zero-order valence-corrected chi connectivity index (χ0v) is 15.7. The maximum atomic E-state index is 12.2. The largest absolute Gasteiger partial charge is 0.452 e. The van der Waals surface area contributed by atoms with Gasteiger partial charge in [0.1, 0.15) is 0 Å². The van der Waals surface area contributed by atoms with Gasteiger partial charge in [0.15, 0.2) is 6.10 Å². The van der Waals surface area contributed by atoms with Gasteiger partial charge in [-0.25, -0.2) is 0 Å². The summed E-state index contributed by atoms with van der Waals surface area (Å²) in [7, 11) is 0. The second-order valence-corrected chi connectivity index (χ2v) is 6.68. The molecule has 1 N–H and O–H groups in total. The highest BCUT2D eigenvalue weighted by Crippen LogP contribution is 2.23. The Morgan fingerprint density at radius 1 is 1.08 bits per heavy atom. The maximum Gasteiger partial charge on any atom is 0.311 e. The molecule has 0 spiro atoms. The van der Waals surface area contributed by atoms with E-state index in [4.69, 9.17) is 27.9 Å². The Morgan fingerprint density at radius 3 is 2.48 bits per heavy atom. The fraction of sp³-hybridized carbons (Fsp3) is 0.263. The Kier molecular flexibility index (Phi) is 6.45. The minimum absolute atomic E-state index is 0.0119. The predicted octanol–water partition coefficient (Wildman–Crippen LogP) is 4.72. The molecule has 4 nitrogen and oxygen atoms in total. The second kappa shape index (κ2) is 8.37. The van der Waals surface area contributed by atoms with E-state index in [1.54, 1.807) is 18.2 Å². The van der Waals surface area contributed by atoms with Gasteiger partial charge in [0.05, 0.1) is 16.5 Å². The van der Waals surface area contributed by atoms with E-state index in [0.717, 1.165) is 11.1 Å². The van der Waals surface area contributed by atoms with Crippen molar-refractivity contribution in [1.29, 1.82) is 0 Å². The molecule has 0 fully saturated rings. The van der Waals surface area contributed by atoms with E-state index in [1.807, 2.05) is 32.0 Å². The molecule has 2 aromatic carbocycles. The highest BCUT2D eigenvalue weighted by atomic mass is 35.5. The van der Waals surface area contributed by atoms with Gasteiger partial charge in [0.2, 0.25) is 0 Å². The Bertz CT molecular complexity index is 805. The number of hydrogen-bond acceptors (Lipinski definition) is 3. The SMILES string of the molecule is Cc1ccc(C)c(NC(=O)C(C)OC(=O)Cc2ccc(Cl)c(Cl)c2)c1. The van der Waals surface area contributed by atoms with E-state index in [1.165, 1.54) is 6.92 Å². The van der Waals surface area contributed by atoms with Crippen molar-refractivity contribution in [3.63, 3.8) is 0 Å². The molecule has 0 aromatic heterocycles. The van der Waals surface area contributed by atoms with Crippen molar-refractivity contribution < 1.29 is 14.3 Å². The minimum atomic E-state index is -0.907. The molecular weight excluding hydrogens is 361 g/mol. The molecule has 2 aromatic rings. The molecule has 0 saturated heterocycles. The predicted molar refractivity (Wildman–Crippen MR) is 100 cm³/mol. The Hall–Kier alpha value is -2.04. The number of benzene rings is 2. The first-order valence-electron chi connectivity index (χ1n) is 7.78. The van der Waals surface area contributed by atoms with Gasteiger partial charge in [0.25, 0.3) is 5.91 Å². The molecule has 2 rings (SSSR count). The summed E-state index contributed by atoms with van der Waals surface area (Å²) < 4.78 is 5.20. The van der Waals surface area contributed by atoms with Gasteiger partial charge in [-0.1, -0.05) is 41.4 Å². The molecule has 6 heteroatoms. The molecule has 25 heavy (non-hydrogen) atoms. The van der Waals surface area contributed by atoms with E-state index in [0.29, 0.717) is 21.3 Å². The van der Waals surface area contributed by atoms with Crippen molar-refractivity contribution in [1.82, 2.24) is 0 Å². The number of carbonyl (C=O) groups is 2. The van der Waals surface area contributed by atoms with Crippen LogP contribution in [0, 0.1) is 13.8 Å². The lowest BCUT2D eigenvalue weighted by atomic mass is 10.1. The summed E-state index contributed by atoms with van der Waals surface area (Å²) in [5.41, 5.74) is 3.34. The summed E-state index contributed by atoms with van der Waals surface area (Å²) in [5, 5.41) is 3.57. The number of carbonyl (C=O) groups excluding carboxylic acids is 2. The standard InChI is InChI=1S/C19H19Cl2NO3/c1-11-4-5-12(2)17(8-11)22-19(24)13(3)25-18(23)10-14-6-7-15(20)16(21)9-14/h4-9,13H,10H2,1-3H3,(H,22,24). The summed E-state index contributed by atoms with van der Waals surface area (Å²) in [6.07, 6.45) is -0.895. The number of hydrogen-bond donors (Lipinski definition) is 1. The van der Waals surface area contributed by atoms with E-state index in [9.17, 15) is 9.59 Å². The van der Waals surface area contributed by atoms with Crippen LogP contribution in [0.25, 0.3) is 0 Å². The summed E-state index contributed by atoms with van der Waals surface area (Å²) >= 11 is 11.8. The van der Waals surface area contributed by atoms with Crippen LogP contribution in [0.2, 0.25) is 10.0 Å². The molecule has 132 valence electrons. The van der Waals surface area contributed by atoms with Crippen LogP contribution in [0.5, 0.6) is 0 Å². The van der Waals surface area contributed by atoms with Crippen LogP contribution in [-0.4, -0.2) is 18.0 Å². The number of aryl methyl sites for hydroxylation is 2. The topological polar surface area (TPSA) is 55.4 Å². The van der Waals surface area contributed by atoms with Crippen molar-refractivity contribution in [2.24, 2.45) is 0 Å². The number of anilines is 1. The van der Waals surface area contributed by atoms with Gasteiger partial charge in [-0.05, 0) is 55.7 Å². The van der Waals surface area contributed by atoms with Crippen molar-refractivity contribution >= 4 is 40.8 Å². The number of ether oxygens (including phenoxy) is 1. The van der Waals surface area contributed by atoms with Gasteiger partial charge in [-0.2, -0.15) is 0 Å². The second-order valence-electron chi connectivity index (χ2n) is 5.86. The minimum Gasteiger partial charge on any atom is -0.452 e. The molecule has 0 radical (unpaired) electrons. The smallest absolute Gasteiger partial charge is 0.311 e. The summed E-state index contributed by atoms with van der Waals surface area (Å²) in [6.45, 7) is 5.37. The highest BCUT2D eigenvalue weighted by Gasteiger charge is 2.19. The number of nitrogens with one attached hydrogen (secondary N) is 1. The lowest BCUT2D eigenvalue weighted by Gasteiger charge is -2.15. The Morgan fingerprint density at radius 2 is 1.80 bits per heavy atom. The van der Waals surface area contributed by atoms with Crippen LogP contribution in [-0.2, 0) is 20.7 Å². The average Bonchev–Trinajstić information content (AvgIpc) is 2.54. The number of rotatable bonds is 5. The zero-order chi connectivity index (χ0) is 18.6. The van der Waals surface area contributed by atoms with Crippen molar-refractivity contribution in [2.75, 3.05) is 5.32 Å². The first kappa shape index (κ1) is 19.3. The molecule has 1 amide bonds. The summed E-state index contributed by atoms with van der Waals surface area (Å²) in [5.74, 6) is -0.891. The molecule has 1 atom stereocenters. The molecule has 0 aliphatic heterocycles. The lowest BCUT2D eigenvalue weighted by Crippen LogP contribution is -2.30. The van der Waals surface area contributed by atoms with Crippen LogP contribution < -0.4 is 5.32 Å². The highest BCUT2D eigenvalue weighted by molar-refractivity contribution is 6.42. The Labute approximate surface area is 157 Å². The molecule has 0 heterocycles. The van der Waals surface area contributed by atoms with E-state index < -0.39 is 12.1 Å². The van der Waals surface area contributed by atoms with E-state index in [2.05, 4.69) is 5.32 Å². The lowest BCUT2D eigenvalue weighted by molar-refractivity contribution is -0.152.